The van der Waals surface area contributed by atoms with Crippen molar-refractivity contribution in [2.45, 2.75) is 6.92 Å². The first-order valence-corrected chi connectivity index (χ1v) is 7.23. The molecule has 2 aromatic rings. The Labute approximate surface area is 137 Å². The number of hydrogen-bond acceptors (Lipinski definition) is 2. The fourth-order valence-corrected chi connectivity index (χ4v) is 2.15. The highest BCUT2D eigenvalue weighted by Crippen LogP contribution is 2.27. The van der Waals surface area contributed by atoms with Gasteiger partial charge in [-0.15, -0.1) is 0 Å². The second-order valence-corrected chi connectivity index (χ2v) is 5.65. The van der Waals surface area contributed by atoms with Crippen LogP contribution in [0.3, 0.4) is 0 Å². The Morgan fingerprint density at radius 3 is 2.52 bits per heavy atom. The number of hydrogen-bond donors (Lipinski definition) is 1. The number of ether oxygens (including phenoxy) is 1. The topological polar surface area (TPSA) is 38.3 Å². The van der Waals surface area contributed by atoms with Crippen LogP contribution in [0.15, 0.2) is 36.4 Å². The summed E-state index contributed by atoms with van der Waals surface area (Å²) in [5, 5.41) is 4.16. The van der Waals surface area contributed by atoms with Gasteiger partial charge in [0.05, 0.1) is 5.02 Å². The zero-order valence-corrected chi connectivity index (χ0v) is 13.4. The molecule has 0 spiro atoms. The average molecular weight is 345 g/mol. The van der Waals surface area contributed by atoms with Crippen LogP contribution in [0.2, 0.25) is 15.1 Å². The third-order valence-corrected chi connectivity index (χ3v) is 3.51. The maximum absolute atomic E-state index is 11.9. The summed E-state index contributed by atoms with van der Waals surface area (Å²) in [6.45, 7) is 1.70. The highest BCUT2D eigenvalue weighted by atomic mass is 35.5. The third-order valence-electron chi connectivity index (χ3n) is 2.73. The molecule has 21 heavy (non-hydrogen) atoms. The van der Waals surface area contributed by atoms with Crippen LogP contribution < -0.4 is 10.1 Å². The molecule has 0 bridgehead atoms. The van der Waals surface area contributed by atoms with E-state index in [2.05, 4.69) is 5.32 Å². The first kappa shape index (κ1) is 16.0. The van der Waals surface area contributed by atoms with Gasteiger partial charge in [-0.05, 0) is 36.8 Å². The second-order valence-electron chi connectivity index (χ2n) is 4.37. The third kappa shape index (κ3) is 4.53. The molecule has 0 aromatic heterocycles. The SMILES string of the molecule is Cc1ccc(Cl)cc1NC(=O)COc1cc(Cl)ccc1Cl. The van der Waals surface area contributed by atoms with Gasteiger partial charge in [-0.2, -0.15) is 0 Å². The van der Waals surface area contributed by atoms with Gasteiger partial charge >= 0.3 is 0 Å². The van der Waals surface area contributed by atoms with E-state index in [-0.39, 0.29) is 12.5 Å². The summed E-state index contributed by atoms with van der Waals surface area (Å²) in [6, 6.07) is 10.1. The maximum Gasteiger partial charge on any atom is 0.262 e. The van der Waals surface area contributed by atoms with E-state index in [1.807, 2.05) is 13.0 Å². The van der Waals surface area contributed by atoms with E-state index in [1.165, 1.54) is 0 Å². The highest BCUT2D eigenvalue weighted by molar-refractivity contribution is 6.34. The first-order chi connectivity index (χ1) is 9.95. The van der Waals surface area contributed by atoms with Crippen LogP contribution in [-0.2, 0) is 4.79 Å². The zero-order valence-electron chi connectivity index (χ0n) is 11.1. The standard InChI is InChI=1S/C15H12Cl3NO2/c1-9-2-3-10(16)6-13(9)19-15(20)8-21-14-7-11(17)4-5-12(14)18/h2-7H,8H2,1H3,(H,19,20). The molecule has 110 valence electrons. The summed E-state index contributed by atoms with van der Waals surface area (Å²) < 4.78 is 5.36. The molecule has 0 radical (unpaired) electrons. The highest BCUT2D eigenvalue weighted by Gasteiger charge is 2.08. The first-order valence-electron chi connectivity index (χ1n) is 6.09. The molecule has 3 nitrogen and oxygen atoms in total. The van der Waals surface area contributed by atoms with Crippen molar-refractivity contribution in [2.75, 3.05) is 11.9 Å². The van der Waals surface area contributed by atoms with Crippen molar-refractivity contribution in [2.24, 2.45) is 0 Å². The van der Waals surface area contributed by atoms with Crippen molar-refractivity contribution in [3.05, 3.63) is 57.0 Å². The van der Waals surface area contributed by atoms with Gasteiger partial charge in [0.25, 0.3) is 5.91 Å². The molecular weight excluding hydrogens is 333 g/mol. The minimum absolute atomic E-state index is 0.175. The number of amides is 1. The summed E-state index contributed by atoms with van der Waals surface area (Å²) in [5.74, 6) is 0.0542. The molecule has 2 rings (SSSR count). The number of aryl methyl sites for hydroxylation is 1. The van der Waals surface area contributed by atoms with Gasteiger partial charge in [0.15, 0.2) is 6.61 Å². The lowest BCUT2D eigenvalue weighted by Gasteiger charge is -2.11. The van der Waals surface area contributed by atoms with Crippen LogP contribution in [0.25, 0.3) is 0 Å². The Balaban J connectivity index is 1.99. The molecule has 2 aromatic carbocycles. The van der Waals surface area contributed by atoms with Crippen LogP contribution in [0, 0.1) is 6.92 Å². The lowest BCUT2D eigenvalue weighted by molar-refractivity contribution is -0.118. The fourth-order valence-electron chi connectivity index (χ4n) is 1.65. The van der Waals surface area contributed by atoms with Gasteiger partial charge in [-0.25, -0.2) is 0 Å². The van der Waals surface area contributed by atoms with Gasteiger partial charge in [0, 0.05) is 21.8 Å². The second kappa shape index (κ2) is 7.03. The molecule has 0 saturated carbocycles. The Hall–Kier alpha value is -1.42. The Kier molecular flexibility index (Phi) is 5.34. The van der Waals surface area contributed by atoms with Gasteiger partial charge < -0.3 is 10.1 Å². The number of anilines is 1. The predicted molar refractivity (Wildman–Crippen MR) is 86.8 cm³/mol. The van der Waals surface area contributed by atoms with Crippen LogP contribution in [0.4, 0.5) is 5.69 Å². The molecule has 0 aliphatic rings. The molecule has 1 amide bonds. The van der Waals surface area contributed by atoms with E-state index >= 15 is 0 Å². The quantitative estimate of drug-likeness (QED) is 0.850. The van der Waals surface area contributed by atoms with Crippen LogP contribution >= 0.6 is 34.8 Å². The number of benzene rings is 2. The molecule has 0 unspecified atom stereocenters. The smallest absolute Gasteiger partial charge is 0.262 e. The number of nitrogens with one attached hydrogen (secondary N) is 1. The van der Waals surface area contributed by atoms with Crippen LogP contribution in [0.5, 0.6) is 5.75 Å². The van der Waals surface area contributed by atoms with E-state index in [9.17, 15) is 4.79 Å². The molecule has 0 heterocycles. The Morgan fingerprint density at radius 2 is 1.76 bits per heavy atom. The molecule has 0 saturated heterocycles. The number of carbonyl (C=O) groups excluding carboxylic acids is 1. The molecule has 0 aliphatic heterocycles. The van der Waals surface area contributed by atoms with Gasteiger partial charge in [-0.1, -0.05) is 40.9 Å². The maximum atomic E-state index is 11.9. The number of carbonyl (C=O) groups is 1. The van der Waals surface area contributed by atoms with Gasteiger partial charge in [-0.3, -0.25) is 4.79 Å². The summed E-state index contributed by atoms with van der Waals surface area (Å²) in [5.41, 5.74) is 1.56. The molecular formula is C15H12Cl3NO2. The lowest BCUT2D eigenvalue weighted by atomic mass is 10.2. The molecule has 0 aliphatic carbocycles. The van der Waals surface area contributed by atoms with E-state index in [0.29, 0.717) is 26.5 Å². The Bertz CT molecular complexity index is 674. The Morgan fingerprint density at radius 1 is 1.10 bits per heavy atom. The lowest BCUT2D eigenvalue weighted by Crippen LogP contribution is -2.20. The summed E-state index contributed by atoms with van der Waals surface area (Å²) in [6.07, 6.45) is 0. The van der Waals surface area contributed by atoms with Crippen molar-refractivity contribution in [1.82, 2.24) is 0 Å². The summed E-state index contributed by atoms with van der Waals surface area (Å²) in [7, 11) is 0. The fraction of sp³-hybridized carbons (Fsp3) is 0.133. The summed E-state index contributed by atoms with van der Waals surface area (Å²) >= 11 is 17.7. The van der Waals surface area contributed by atoms with Gasteiger partial charge in [0.2, 0.25) is 0 Å². The molecule has 6 heteroatoms. The monoisotopic (exact) mass is 343 g/mol. The van der Waals surface area contributed by atoms with Crippen molar-refractivity contribution in [1.29, 1.82) is 0 Å². The zero-order chi connectivity index (χ0) is 15.4. The van der Waals surface area contributed by atoms with E-state index in [0.717, 1.165) is 5.56 Å². The van der Waals surface area contributed by atoms with E-state index < -0.39 is 0 Å². The largest absolute Gasteiger partial charge is 0.482 e. The predicted octanol–water partition coefficient (Wildman–Crippen LogP) is 4.97. The van der Waals surface area contributed by atoms with Crippen molar-refractivity contribution < 1.29 is 9.53 Å². The van der Waals surface area contributed by atoms with Gasteiger partial charge in [0.1, 0.15) is 5.75 Å². The minimum Gasteiger partial charge on any atom is -0.482 e. The summed E-state index contributed by atoms with van der Waals surface area (Å²) in [4.78, 5) is 11.9. The number of halogens is 3. The van der Waals surface area contributed by atoms with E-state index in [4.69, 9.17) is 39.5 Å². The number of rotatable bonds is 4. The average Bonchev–Trinajstić information content (AvgIpc) is 2.44. The molecule has 0 atom stereocenters. The minimum atomic E-state index is -0.309. The van der Waals surface area contributed by atoms with Crippen molar-refractivity contribution in [3.63, 3.8) is 0 Å². The van der Waals surface area contributed by atoms with Crippen molar-refractivity contribution in [3.8, 4) is 5.75 Å². The van der Waals surface area contributed by atoms with E-state index in [1.54, 1.807) is 30.3 Å². The van der Waals surface area contributed by atoms with Crippen LogP contribution in [-0.4, -0.2) is 12.5 Å². The molecule has 0 fully saturated rings. The normalized spacial score (nSPS) is 10.3. The van der Waals surface area contributed by atoms with Crippen molar-refractivity contribution >= 4 is 46.4 Å². The molecule has 1 N–H and O–H groups in total. The van der Waals surface area contributed by atoms with Crippen LogP contribution in [0.1, 0.15) is 5.56 Å².